The zero-order valence-corrected chi connectivity index (χ0v) is 9.16. The molecule has 1 aliphatic heterocycles. The van der Waals surface area contributed by atoms with E-state index < -0.39 is 0 Å². The van der Waals surface area contributed by atoms with E-state index in [-0.39, 0.29) is 5.82 Å². The van der Waals surface area contributed by atoms with Gasteiger partial charge in [0.1, 0.15) is 5.82 Å². The molecule has 3 rings (SSSR count). The molecule has 0 radical (unpaired) electrons. The second-order valence-corrected chi connectivity index (χ2v) is 4.77. The minimum atomic E-state index is -0.162. The summed E-state index contributed by atoms with van der Waals surface area (Å²) in [4.78, 5) is 0. The van der Waals surface area contributed by atoms with Gasteiger partial charge in [0, 0.05) is 6.04 Å². The van der Waals surface area contributed by atoms with E-state index in [2.05, 4.69) is 5.32 Å². The van der Waals surface area contributed by atoms with Crippen LogP contribution in [0.3, 0.4) is 0 Å². The lowest BCUT2D eigenvalue weighted by Crippen LogP contribution is -2.47. The maximum atomic E-state index is 12.9. The van der Waals surface area contributed by atoms with Crippen molar-refractivity contribution in [2.45, 2.75) is 24.9 Å². The molecule has 1 atom stereocenters. The Balaban J connectivity index is 1.73. The summed E-state index contributed by atoms with van der Waals surface area (Å²) in [5.74, 6) is 0.566. The van der Waals surface area contributed by atoms with Gasteiger partial charge in [-0.3, -0.25) is 0 Å². The number of hydrogen-bond donors (Lipinski definition) is 1. The van der Waals surface area contributed by atoms with Crippen molar-refractivity contribution in [3.63, 3.8) is 0 Å². The lowest BCUT2D eigenvalue weighted by atomic mass is 10.0. The molecule has 0 aromatic heterocycles. The van der Waals surface area contributed by atoms with Crippen molar-refractivity contribution >= 4 is 0 Å². The molecule has 2 aliphatic rings. The van der Waals surface area contributed by atoms with E-state index in [1.807, 2.05) is 12.1 Å². The zero-order valence-electron chi connectivity index (χ0n) is 9.16. The highest BCUT2D eigenvalue weighted by Crippen LogP contribution is 2.41. The van der Waals surface area contributed by atoms with Crippen LogP contribution in [0.1, 0.15) is 24.4 Å². The first-order valence-corrected chi connectivity index (χ1v) is 5.92. The molecular weight excluding hydrogens is 205 g/mol. The number of nitrogens with one attached hydrogen (secondary N) is 1. The third-order valence-electron chi connectivity index (χ3n) is 3.38. The SMILES string of the molecule is Fc1ccc(C(NC2COC2)C2CC2)cc1. The van der Waals surface area contributed by atoms with E-state index in [9.17, 15) is 4.39 Å². The topological polar surface area (TPSA) is 21.3 Å². The van der Waals surface area contributed by atoms with Crippen LogP contribution >= 0.6 is 0 Å². The lowest BCUT2D eigenvalue weighted by molar-refractivity contribution is -0.0113. The van der Waals surface area contributed by atoms with Crippen molar-refractivity contribution in [2.24, 2.45) is 5.92 Å². The van der Waals surface area contributed by atoms with E-state index in [1.165, 1.54) is 18.4 Å². The fourth-order valence-corrected chi connectivity index (χ4v) is 2.19. The van der Waals surface area contributed by atoms with Gasteiger partial charge in [-0.2, -0.15) is 0 Å². The number of halogens is 1. The molecule has 2 fully saturated rings. The van der Waals surface area contributed by atoms with Crippen LogP contribution in [0.5, 0.6) is 0 Å². The first-order valence-electron chi connectivity index (χ1n) is 5.92. The van der Waals surface area contributed by atoms with Gasteiger partial charge in [0.05, 0.1) is 19.3 Å². The summed E-state index contributed by atoms with van der Waals surface area (Å²) in [7, 11) is 0. The van der Waals surface area contributed by atoms with E-state index in [4.69, 9.17) is 4.74 Å². The second-order valence-electron chi connectivity index (χ2n) is 4.77. The van der Waals surface area contributed by atoms with Gasteiger partial charge in [-0.15, -0.1) is 0 Å². The highest BCUT2D eigenvalue weighted by molar-refractivity contribution is 5.22. The number of hydrogen-bond acceptors (Lipinski definition) is 2. The molecule has 1 heterocycles. The summed E-state index contributed by atoms with van der Waals surface area (Å²) in [6, 6.07) is 7.74. The second kappa shape index (κ2) is 4.15. The summed E-state index contributed by atoms with van der Waals surface area (Å²) in [5, 5.41) is 3.60. The maximum absolute atomic E-state index is 12.9. The molecule has 16 heavy (non-hydrogen) atoms. The fourth-order valence-electron chi connectivity index (χ4n) is 2.19. The first-order chi connectivity index (χ1) is 7.83. The predicted octanol–water partition coefficient (Wildman–Crippen LogP) is 2.27. The number of ether oxygens (including phenoxy) is 1. The molecule has 1 aliphatic carbocycles. The van der Waals surface area contributed by atoms with Gasteiger partial charge in [0.25, 0.3) is 0 Å². The largest absolute Gasteiger partial charge is 0.378 e. The molecular formula is C13H16FNO. The molecule has 0 amide bonds. The van der Waals surface area contributed by atoms with Crippen molar-refractivity contribution in [1.29, 1.82) is 0 Å². The Morgan fingerprint density at radius 1 is 1.19 bits per heavy atom. The molecule has 1 N–H and O–H groups in total. The third-order valence-corrected chi connectivity index (χ3v) is 3.38. The van der Waals surface area contributed by atoms with Crippen molar-refractivity contribution in [2.75, 3.05) is 13.2 Å². The Morgan fingerprint density at radius 3 is 2.38 bits per heavy atom. The molecule has 1 saturated heterocycles. The average Bonchev–Trinajstić information content (AvgIpc) is 3.02. The van der Waals surface area contributed by atoms with Crippen LogP contribution in [-0.2, 0) is 4.74 Å². The summed E-state index contributed by atoms with van der Waals surface area (Å²) in [6.07, 6.45) is 2.56. The van der Waals surface area contributed by atoms with Crippen molar-refractivity contribution in [3.8, 4) is 0 Å². The molecule has 0 bridgehead atoms. The molecule has 86 valence electrons. The Bertz CT molecular complexity index is 357. The summed E-state index contributed by atoms with van der Waals surface area (Å²) in [5.41, 5.74) is 1.20. The fraction of sp³-hybridized carbons (Fsp3) is 0.538. The normalized spacial score (nSPS) is 22.8. The first kappa shape index (κ1) is 10.2. The van der Waals surface area contributed by atoms with Gasteiger partial charge in [0.2, 0.25) is 0 Å². The smallest absolute Gasteiger partial charge is 0.123 e. The average molecular weight is 221 g/mol. The summed E-state index contributed by atoms with van der Waals surface area (Å²) < 4.78 is 18.0. The third kappa shape index (κ3) is 2.11. The van der Waals surface area contributed by atoms with Gasteiger partial charge >= 0.3 is 0 Å². The van der Waals surface area contributed by atoms with Crippen molar-refractivity contribution in [1.82, 2.24) is 5.32 Å². The molecule has 0 spiro atoms. The van der Waals surface area contributed by atoms with Crippen LogP contribution in [-0.4, -0.2) is 19.3 Å². The number of benzene rings is 1. The Hall–Kier alpha value is -0.930. The minimum absolute atomic E-state index is 0.162. The van der Waals surface area contributed by atoms with Gasteiger partial charge in [-0.25, -0.2) is 4.39 Å². The van der Waals surface area contributed by atoms with E-state index >= 15 is 0 Å². The van der Waals surface area contributed by atoms with Crippen LogP contribution in [0, 0.1) is 11.7 Å². The van der Waals surface area contributed by atoms with E-state index in [0.29, 0.717) is 12.1 Å². The predicted molar refractivity (Wildman–Crippen MR) is 59.6 cm³/mol. The highest BCUT2D eigenvalue weighted by Gasteiger charge is 2.34. The van der Waals surface area contributed by atoms with Crippen LogP contribution in [0.4, 0.5) is 4.39 Å². The van der Waals surface area contributed by atoms with Crippen molar-refractivity contribution in [3.05, 3.63) is 35.6 Å². The van der Waals surface area contributed by atoms with Crippen LogP contribution < -0.4 is 5.32 Å². The monoisotopic (exact) mass is 221 g/mol. The van der Waals surface area contributed by atoms with Crippen LogP contribution in [0.25, 0.3) is 0 Å². The Kier molecular flexibility index (Phi) is 2.65. The maximum Gasteiger partial charge on any atom is 0.123 e. The molecule has 1 saturated carbocycles. The van der Waals surface area contributed by atoms with Gasteiger partial charge in [-0.05, 0) is 36.5 Å². The lowest BCUT2D eigenvalue weighted by Gasteiger charge is -2.32. The molecule has 1 aromatic rings. The van der Waals surface area contributed by atoms with Gasteiger partial charge < -0.3 is 10.1 Å². The number of rotatable bonds is 4. The van der Waals surface area contributed by atoms with Gasteiger partial charge in [-0.1, -0.05) is 12.1 Å². The summed E-state index contributed by atoms with van der Waals surface area (Å²) in [6.45, 7) is 1.62. The highest BCUT2D eigenvalue weighted by atomic mass is 19.1. The zero-order chi connectivity index (χ0) is 11.0. The summed E-state index contributed by atoms with van der Waals surface area (Å²) >= 11 is 0. The Labute approximate surface area is 94.8 Å². The molecule has 3 heteroatoms. The Morgan fingerprint density at radius 2 is 1.88 bits per heavy atom. The van der Waals surface area contributed by atoms with Crippen LogP contribution in [0.2, 0.25) is 0 Å². The standard InChI is InChI=1S/C13H16FNO/c14-11-5-3-10(4-6-11)13(9-1-2-9)15-12-7-16-8-12/h3-6,9,12-13,15H,1-2,7-8H2. The van der Waals surface area contributed by atoms with Crippen molar-refractivity contribution < 1.29 is 9.13 Å². The van der Waals surface area contributed by atoms with Crippen LogP contribution in [0.15, 0.2) is 24.3 Å². The molecule has 2 nitrogen and oxygen atoms in total. The molecule has 1 unspecified atom stereocenters. The minimum Gasteiger partial charge on any atom is -0.378 e. The van der Waals surface area contributed by atoms with Gasteiger partial charge in [0.15, 0.2) is 0 Å². The molecule has 1 aromatic carbocycles. The van der Waals surface area contributed by atoms with E-state index in [0.717, 1.165) is 19.1 Å². The quantitative estimate of drug-likeness (QED) is 0.842. The van der Waals surface area contributed by atoms with E-state index in [1.54, 1.807) is 12.1 Å².